The zero-order valence-corrected chi connectivity index (χ0v) is 8.58. The van der Waals surface area contributed by atoms with E-state index < -0.39 is 0 Å². The second-order valence-corrected chi connectivity index (χ2v) is 3.49. The van der Waals surface area contributed by atoms with Crippen molar-refractivity contribution in [2.45, 2.75) is 6.92 Å². The molecule has 3 nitrogen and oxygen atoms in total. The minimum Gasteiger partial charge on any atom is -0.482 e. The molecule has 0 aliphatic carbocycles. The Morgan fingerprint density at radius 3 is 2.80 bits per heavy atom. The highest BCUT2D eigenvalue weighted by Gasteiger charge is 2.17. The number of ketones is 1. The van der Waals surface area contributed by atoms with Crippen molar-refractivity contribution < 1.29 is 14.3 Å². The molecule has 0 atom stereocenters. The quantitative estimate of drug-likeness (QED) is 0.701. The van der Waals surface area contributed by atoms with Crippen molar-refractivity contribution in [3.05, 3.63) is 29.8 Å². The summed E-state index contributed by atoms with van der Waals surface area (Å²) in [6, 6.07) is 3.78. The number of fused-ring (bicyclic) bond motifs is 1. The second kappa shape index (κ2) is 3.77. The molecule has 0 bridgehead atoms. The lowest BCUT2D eigenvalue weighted by Crippen LogP contribution is -2.15. The van der Waals surface area contributed by atoms with Crippen LogP contribution in [-0.2, 0) is 4.79 Å². The molecular weight excluding hydrogens is 192 g/mol. The van der Waals surface area contributed by atoms with Gasteiger partial charge < -0.3 is 9.47 Å². The van der Waals surface area contributed by atoms with Crippen LogP contribution < -0.4 is 9.47 Å². The summed E-state index contributed by atoms with van der Waals surface area (Å²) in [6.07, 6.45) is 1.74. The van der Waals surface area contributed by atoms with Crippen molar-refractivity contribution in [3.63, 3.8) is 0 Å². The molecule has 1 aliphatic rings. The Labute approximate surface area is 88.3 Å². The molecule has 1 aliphatic heterocycles. The topological polar surface area (TPSA) is 35.5 Å². The van der Waals surface area contributed by atoms with E-state index in [2.05, 4.69) is 6.58 Å². The van der Waals surface area contributed by atoms with Crippen molar-refractivity contribution in [3.8, 4) is 11.5 Å². The maximum Gasteiger partial charge on any atom is 0.207 e. The average molecular weight is 204 g/mol. The molecule has 0 N–H and O–H groups in total. The van der Waals surface area contributed by atoms with E-state index in [1.807, 2.05) is 19.1 Å². The predicted octanol–water partition coefficient (Wildman–Crippen LogP) is 1.98. The van der Waals surface area contributed by atoms with Crippen molar-refractivity contribution >= 4 is 11.9 Å². The summed E-state index contributed by atoms with van der Waals surface area (Å²) in [5.41, 5.74) is 1.92. The standard InChI is InChI=1S/C12H12O3/c1-3-9-4-8(2)12-11(5-9)14-6-10(13)7-15-12/h3-5H,1,6-7H2,2H3. The number of benzene rings is 1. The van der Waals surface area contributed by atoms with Crippen molar-refractivity contribution in [2.75, 3.05) is 13.2 Å². The molecule has 2 rings (SSSR count). The Morgan fingerprint density at radius 1 is 1.33 bits per heavy atom. The number of hydrogen-bond donors (Lipinski definition) is 0. The number of rotatable bonds is 1. The van der Waals surface area contributed by atoms with Gasteiger partial charge in [0.15, 0.2) is 24.7 Å². The van der Waals surface area contributed by atoms with E-state index in [1.165, 1.54) is 0 Å². The highest BCUT2D eigenvalue weighted by atomic mass is 16.5. The average Bonchev–Trinajstić information content (AvgIpc) is 2.41. The third-order valence-corrected chi connectivity index (χ3v) is 2.26. The van der Waals surface area contributed by atoms with Crippen LogP contribution in [0, 0.1) is 6.92 Å². The maximum absolute atomic E-state index is 11.1. The number of carbonyl (C=O) groups excluding carboxylic acids is 1. The van der Waals surface area contributed by atoms with Crippen LogP contribution in [0.25, 0.3) is 6.08 Å². The zero-order valence-electron chi connectivity index (χ0n) is 8.58. The van der Waals surface area contributed by atoms with Gasteiger partial charge in [0.05, 0.1) is 0 Å². The van der Waals surface area contributed by atoms with Gasteiger partial charge in [-0.3, -0.25) is 4.79 Å². The summed E-state index contributed by atoms with van der Waals surface area (Å²) < 4.78 is 10.7. The molecule has 78 valence electrons. The molecule has 0 radical (unpaired) electrons. The summed E-state index contributed by atoms with van der Waals surface area (Å²) in [6.45, 7) is 5.78. The lowest BCUT2D eigenvalue weighted by molar-refractivity contribution is -0.122. The smallest absolute Gasteiger partial charge is 0.207 e. The van der Waals surface area contributed by atoms with Gasteiger partial charge in [-0.15, -0.1) is 0 Å². The largest absolute Gasteiger partial charge is 0.482 e. The Bertz CT molecular complexity index is 421. The SMILES string of the molecule is C=Cc1cc(C)c2c(c1)OCC(=O)CO2. The van der Waals surface area contributed by atoms with Crippen LogP contribution >= 0.6 is 0 Å². The molecule has 1 heterocycles. The highest BCUT2D eigenvalue weighted by molar-refractivity contribution is 5.82. The first-order valence-corrected chi connectivity index (χ1v) is 4.75. The van der Waals surface area contributed by atoms with Gasteiger partial charge >= 0.3 is 0 Å². The van der Waals surface area contributed by atoms with Gasteiger partial charge in [0.2, 0.25) is 5.78 Å². The summed E-state index contributed by atoms with van der Waals surface area (Å²) in [4.78, 5) is 11.1. The monoisotopic (exact) mass is 204 g/mol. The Morgan fingerprint density at radius 2 is 2.07 bits per heavy atom. The van der Waals surface area contributed by atoms with Gasteiger partial charge in [-0.05, 0) is 30.2 Å². The number of carbonyl (C=O) groups is 1. The van der Waals surface area contributed by atoms with Gasteiger partial charge in [-0.25, -0.2) is 0 Å². The minimum atomic E-state index is -0.0502. The molecule has 0 fully saturated rings. The first-order chi connectivity index (χ1) is 7.20. The number of Topliss-reactive ketones (excluding diaryl/α,β-unsaturated/α-hetero) is 1. The molecule has 0 amide bonds. The van der Waals surface area contributed by atoms with Crippen LogP contribution in [-0.4, -0.2) is 19.0 Å². The number of hydrogen-bond acceptors (Lipinski definition) is 3. The van der Waals surface area contributed by atoms with Gasteiger partial charge in [-0.2, -0.15) is 0 Å². The molecule has 1 aromatic carbocycles. The molecule has 0 aromatic heterocycles. The number of aryl methyl sites for hydroxylation is 1. The van der Waals surface area contributed by atoms with E-state index in [0.717, 1.165) is 11.1 Å². The van der Waals surface area contributed by atoms with Crippen LogP contribution in [0.4, 0.5) is 0 Å². The molecule has 0 saturated carbocycles. The Kier molecular flexibility index (Phi) is 2.46. The molecule has 3 heteroatoms. The number of ether oxygens (including phenoxy) is 2. The van der Waals surface area contributed by atoms with Crippen LogP contribution in [0.1, 0.15) is 11.1 Å². The van der Waals surface area contributed by atoms with E-state index in [-0.39, 0.29) is 19.0 Å². The first-order valence-electron chi connectivity index (χ1n) is 4.75. The van der Waals surface area contributed by atoms with E-state index in [9.17, 15) is 4.79 Å². The van der Waals surface area contributed by atoms with Crippen molar-refractivity contribution in [1.29, 1.82) is 0 Å². The van der Waals surface area contributed by atoms with E-state index in [4.69, 9.17) is 9.47 Å². The van der Waals surface area contributed by atoms with Gasteiger partial charge in [0.1, 0.15) is 0 Å². The van der Waals surface area contributed by atoms with Gasteiger partial charge in [0.25, 0.3) is 0 Å². The van der Waals surface area contributed by atoms with Crippen LogP contribution in [0.3, 0.4) is 0 Å². The molecule has 15 heavy (non-hydrogen) atoms. The van der Waals surface area contributed by atoms with Crippen LogP contribution in [0.15, 0.2) is 18.7 Å². The van der Waals surface area contributed by atoms with Crippen LogP contribution in [0.2, 0.25) is 0 Å². The van der Waals surface area contributed by atoms with E-state index >= 15 is 0 Å². The summed E-state index contributed by atoms with van der Waals surface area (Å²) >= 11 is 0. The van der Waals surface area contributed by atoms with Crippen molar-refractivity contribution in [2.24, 2.45) is 0 Å². The lowest BCUT2D eigenvalue weighted by atomic mass is 10.1. The Hall–Kier alpha value is -1.77. The Balaban J connectivity index is 2.46. The fourth-order valence-corrected chi connectivity index (χ4v) is 1.53. The van der Waals surface area contributed by atoms with E-state index in [0.29, 0.717) is 11.5 Å². The molecule has 1 aromatic rings. The molecule has 0 unspecified atom stereocenters. The van der Waals surface area contributed by atoms with Gasteiger partial charge in [0, 0.05) is 0 Å². The molecule has 0 saturated heterocycles. The van der Waals surface area contributed by atoms with Crippen molar-refractivity contribution in [1.82, 2.24) is 0 Å². The summed E-state index contributed by atoms with van der Waals surface area (Å²) in [7, 11) is 0. The molecule has 0 spiro atoms. The third kappa shape index (κ3) is 1.86. The fourth-order valence-electron chi connectivity index (χ4n) is 1.53. The van der Waals surface area contributed by atoms with E-state index in [1.54, 1.807) is 6.08 Å². The highest BCUT2D eigenvalue weighted by Crippen LogP contribution is 2.34. The van der Waals surface area contributed by atoms with Gasteiger partial charge in [-0.1, -0.05) is 12.7 Å². The summed E-state index contributed by atoms with van der Waals surface area (Å²) in [5.74, 6) is 1.23. The molecular formula is C12H12O3. The third-order valence-electron chi connectivity index (χ3n) is 2.26. The predicted molar refractivity (Wildman–Crippen MR) is 57.3 cm³/mol. The second-order valence-electron chi connectivity index (χ2n) is 3.49. The summed E-state index contributed by atoms with van der Waals surface area (Å²) in [5, 5.41) is 0. The normalized spacial score (nSPS) is 14.6. The zero-order chi connectivity index (χ0) is 10.8. The lowest BCUT2D eigenvalue weighted by Gasteiger charge is -2.10. The maximum atomic E-state index is 11.1. The minimum absolute atomic E-state index is 0.0502. The van der Waals surface area contributed by atoms with Crippen LogP contribution in [0.5, 0.6) is 11.5 Å². The fraction of sp³-hybridized carbons (Fsp3) is 0.250. The first kappa shape index (κ1) is 9.77.